The summed E-state index contributed by atoms with van der Waals surface area (Å²) in [5, 5.41) is 7.39. The van der Waals surface area contributed by atoms with Crippen LogP contribution < -0.4 is 5.32 Å². The molecule has 1 atom stereocenters. The Morgan fingerprint density at radius 2 is 2.41 bits per heavy atom. The summed E-state index contributed by atoms with van der Waals surface area (Å²) in [4.78, 5) is 4.43. The first-order valence-corrected chi connectivity index (χ1v) is 6.41. The second-order valence-corrected chi connectivity index (χ2v) is 4.83. The molecule has 5 nitrogen and oxygen atoms in total. The fraction of sp³-hybridized carbons (Fsp3) is 0.455. The van der Waals surface area contributed by atoms with E-state index < -0.39 is 0 Å². The predicted octanol–water partition coefficient (Wildman–Crippen LogP) is 2.56. The van der Waals surface area contributed by atoms with E-state index in [-0.39, 0.29) is 0 Å². The lowest BCUT2D eigenvalue weighted by Crippen LogP contribution is -2.28. The molecule has 0 spiro atoms. The van der Waals surface area contributed by atoms with Gasteiger partial charge in [-0.15, -0.1) is 0 Å². The molecule has 6 heteroatoms. The number of aromatic nitrogens is 2. The third-order valence-electron chi connectivity index (χ3n) is 2.95. The number of hydrogen-bond acceptors (Lipinski definition) is 5. The minimum atomic E-state index is 0.354. The summed E-state index contributed by atoms with van der Waals surface area (Å²) < 4.78 is 11.0. The molecule has 3 heterocycles. The zero-order valence-corrected chi connectivity index (χ0v) is 10.7. The maximum absolute atomic E-state index is 5.26. The van der Waals surface area contributed by atoms with Crippen LogP contribution >= 0.6 is 15.9 Å². The number of halogens is 1. The molecule has 1 saturated heterocycles. The Morgan fingerprint density at radius 1 is 1.47 bits per heavy atom. The van der Waals surface area contributed by atoms with Crippen molar-refractivity contribution >= 4 is 15.9 Å². The number of rotatable bonds is 2. The molecule has 1 aliphatic rings. The number of furan rings is 1. The maximum Gasteiger partial charge on any atom is 0.262 e. The van der Waals surface area contributed by atoms with Crippen molar-refractivity contribution in [2.45, 2.75) is 18.8 Å². The van der Waals surface area contributed by atoms with Crippen LogP contribution in [0.4, 0.5) is 0 Å². The van der Waals surface area contributed by atoms with Gasteiger partial charge < -0.3 is 14.3 Å². The smallest absolute Gasteiger partial charge is 0.262 e. The van der Waals surface area contributed by atoms with E-state index in [1.807, 2.05) is 0 Å². The van der Waals surface area contributed by atoms with E-state index in [2.05, 4.69) is 31.4 Å². The van der Waals surface area contributed by atoms with Crippen molar-refractivity contribution < 1.29 is 8.94 Å². The highest BCUT2D eigenvalue weighted by atomic mass is 79.9. The van der Waals surface area contributed by atoms with Crippen LogP contribution in [0.25, 0.3) is 11.5 Å². The van der Waals surface area contributed by atoms with E-state index in [0.717, 1.165) is 37.3 Å². The molecule has 2 aromatic rings. The average Bonchev–Trinajstić information content (AvgIpc) is 2.98. The van der Waals surface area contributed by atoms with Gasteiger partial charge in [0.25, 0.3) is 5.89 Å². The van der Waals surface area contributed by atoms with Gasteiger partial charge in [-0.2, -0.15) is 4.98 Å². The quantitative estimate of drug-likeness (QED) is 0.923. The van der Waals surface area contributed by atoms with Crippen molar-refractivity contribution in [1.29, 1.82) is 0 Å². The van der Waals surface area contributed by atoms with Gasteiger partial charge in [-0.25, -0.2) is 0 Å². The van der Waals surface area contributed by atoms with Crippen molar-refractivity contribution in [3.8, 4) is 11.5 Å². The number of nitrogens with zero attached hydrogens (tertiary/aromatic N) is 2. The number of hydrogen-bond donors (Lipinski definition) is 1. The Bertz CT molecular complexity index is 502. The molecule has 1 fully saturated rings. The minimum absolute atomic E-state index is 0.354. The van der Waals surface area contributed by atoms with Gasteiger partial charge in [-0.05, 0) is 41.4 Å². The maximum atomic E-state index is 5.26. The molecule has 90 valence electrons. The summed E-state index contributed by atoms with van der Waals surface area (Å²) in [7, 11) is 0. The zero-order chi connectivity index (χ0) is 11.7. The fourth-order valence-electron chi connectivity index (χ4n) is 2.03. The first-order valence-electron chi connectivity index (χ1n) is 5.62. The van der Waals surface area contributed by atoms with Crippen molar-refractivity contribution in [2.24, 2.45) is 0 Å². The molecule has 1 N–H and O–H groups in total. The molecule has 17 heavy (non-hydrogen) atoms. The lowest BCUT2D eigenvalue weighted by molar-refractivity contribution is 0.392. The molecule has 2 aromatic heterocycles. The largest absolute Gasteiger partial charge is 0.457 e. The van der Waals surface area contributed by atoms with Gasteiger partial charge in [0.1, 0.15) is 0 Å². The van der Waals surface area contributed by atoms with Crippen molar-refractivity contribution in [3.63, 3.8) is 0 Å². The van der Waals surface area contributed by atoms with Crippen LogP contribution in [-0.4, -0.2) is 23.2 Å². The van der Waals surface area contributed by atoms with Crippen LogP contribution in [0.2, 0.25) is 0 Å². The van der Waals surface area contributed by atoms with E-state index in [9.17, 15) is 0 Å². The molecule has 0 radical (unpaired) electrons. The lowest BCUT2D eigenvalue weighted by atomic mass is 9.99. The van der Waals surface area contributed by atoms with E-state index in [1.54, 1.807) is 12.3 Å². The van der Waals surface area contributed by atoms with Crippen LogP contribution in [0.3, 0.4) is 0 Å². The monoisotopic (exact) mass is 297 g/mol. The fourth-order valence-corrected chi connectivity index (χ4v) is 2.44. The molecule has 0 bridgehead atoms. The first kappa shape index (κ1) is 11.0. The molecular formula is C11H12BrN3O2. The standard InChI is InChI=1S/C11H12BrN3O2/c12-9-8(3-5-16-9)11-14-10(15-17-11)7-2-1-4-13-6-7/h3,5,7,13H,1-2,4,6H2. The molecule has 0 aromatic carbocycles. The second kappa shape index (κ2) is 4.62. The van der Waals surface area contributed by atoms with Gasteiger partial charge in [0.2, 0.25) is 0 Å². The Morgan fingerprint density at radius 3 is 3.12 bits per heavy atom. The highest BCUT2D eigenvalue weighted by Crippen LogP contribution is 2.29. The van der Waals surface area contributed by atoms with Gasteiger partial charge >= 0.3 is 0 Å². The summed E-state index contributed by atoms with van der Waals surface area (Å²) in [5.74, 6) is 1.64. The van der Waals surface area contributed by atoms with Gasteiger partial charge in [0.05, 0.1) is 11.8 Å². The summed E-state index contributed by atoms with van der Waals surface area (Å²) >= 11 is 3.30. The number of piperidine rings is 1. The topological polar surface area (TPSA) is 64.1 Å². The van der Waals surface area contributed by atoms with E-state index in [4.69, 9.17) is 8.94 Å². The molecule has 3 rings (SSSR count). The summed E-state index contributed by atoms with van der Waals surface area (Å²) in [6.07, 6.45) is 3.86. The van der Waals surface area contributed by atoms with Gasteiger partial charge in [-0.1, -0.05) is 5.16 Å². The van der Waals surface area contributed by atoms with Crippen LogP contribution in [-0.2, 0) is 0 Å². The van der Waals surface area contributed by atoms with Crippen LogP contribution in [0.5, 0.6) is 0 Å². The SMILES string of the molecule is Brc1occc1-c1nc(C2CCCNC2)no1. The Balaban J connectivity index is 1.85. The van der Waals surface area contributed by atoms with E-state index >= 15 is 0 Å². The zero-order valence-electron chi connectivity index (χ0n) is 9.15. The molecule has 0 amide bonds. The summed E-state index contributed by atoms with van der Waals surface area (Å²) in [6, 6.07) is 1.81. The predicted molar refractivity (Wildman–Crippen MR) is 64.5 cm³/mol. The number of nitrogens with one attached hydrogen (secondary N) is 1. The normalized spacial score (nSPS) is 20.6. The molecule has 1 aliphatic heterocycles. The molecule has 0 saturated carbocycles. The average molecular weight is 298 g/mol. The van der Waals surface area contributed by atoms with Crippen molar-refractivity contribution in [3.05, 3.63) is 22.8 Å². The van der Waals surface area contributed by atoms with Gasteiger partial charge in [0.15, 0.2) is 10.5 Å². The highest BCUT2D eigenvalue weighted by Gasteiger charge is 2.22. The molecular weight excluding hydrogens is 286 g/mol. The first-order chi connectivity index (χ1) is 8.34. The van der Waals surface area contributed by atoms with E-state index in [1.165, 1.54) is 0 Å². The molecule has 1 unspecified atom stereocenters. The van der Waals surface area contributed by atoms with Crippen LogP contribution in [0, 0.1) is 0 Å². The third-order valence-corrected chi connectivity index (χ3v) is 3.57. The minimum Gasteiger partial charge on any atom is -0.457 e. The van der Waals surface area contributed by atoms with Crippen LogP contribution in [0.1, 0.15) is 24.6 Å². The second-order valence-electron chi connectivity index (χ2n) is 4.11. The Kier molecular flexibility index (Phi) is 2.98. The lowest BCUT2D eigenvalue weighted by Gasteiger charge is -2.19. The highest BCUT2D eigenvalue weighted by molar-refractivity contribution is 9.10. The van der Waals surface area contributed by atoms with Gasteiger partial charge in [-0.3, -0.25) is 0 Å². The van der Waals surface area contributed by atoms with E-state index in [0.29, 0.717) is 16.5 Å². The van der Waals surface area contributed by atoms with Crippen LogP contribution in [0.15, 0.2) is 25.9 Å². The molecule has 0 aliphatic carbocycles. The third kappa shape index (κ3) is 2.14. The Labute approximate surface area is 107 Å². The summed E-state index contributed by atoms with van der Waals surface area (Å²) in [6.45, 7) is 2.00. The van der Waals surface area contributed by atoms with Gasteiger partial charge in [0, 0.05) is 12.5 Å². The van der Waals surface area contributed by atoms with Crippen molar-refractivity contribution in [1.82, 2.24) is 15.5 Å². The Hall–Kier alpha value is -1.14. The van der Waals surface area contributed by atoms with Crippen molar-refractivity contribution in [2.75, 3.05) is 13.1 Å². The summed E-state index contributed by atoms with van der Waals surface area (Å²) in [5.41, 5.74) is 0.799.